The van der Waals surface area contributed by atoms with E-state index in [1.165, 1.54) is 5.56 Å². The lowest BCUT2D eigenvalue weighted by Crippen LogP contribution is -2.47. The van der Waals surface area contributed by atoms with Crippen LogP contribution in [0.5, 0.6) is 0 Å². The molecule has 2 amide bonds. The third kappa shape index (κ3) is 5.03. The van der Waals surface area contributed by atoms with Crippen LogP contribution in [-0.2, 0) is 11.2 Å². The van der Waals surface area contributed by atoms with Crippen molar-refractivity contribution in [3.63, 3.8) is 0 Å². The van der Waals surface area contributed by atoms with Crippen LogP contribution in [0, 0.1) is 0 Å². The summed E-state index contributed by atoms with van der Waals surface area (Å²) in [6.07, 6.45) is 2.23. The van der Waals surface area contributed by atoms with Gasteiger partial charge in [-0.2, -0.15) is 0 Å². The number of hydrogen-bond donors (Lipinski definition) is 1. The molecular formula is C26H34N4O2. The third-order valence-electron chi connectivity index (χ3n) is 6.63. The standard InChI is InChI=1S/C26H34N4O2/c1-3-25(31)30-15-12-21-18-22(10-11-23(21)30)26(32)27-13-7-14-29-17-16-28(2)19-24(29)20-8-5-4-6-9-20/h4-6,8-11,18,24H,3,7,12-17,19H2,1-2H3,(H,27,32). The number of nitrogens with zero attached hydrogens (tertiary/aromatic N) is 3. The van der Waals surface area contributed by atoms with Crippen molar-refractivity contribution < 1.29 is 9.59 Å². The van der Waals surface area contributed by atoms with Crippen molar-refractivity contribution >= 4 is 17.5 Å². The Balaban J connectivity index is 1.29. The maximum atomic E-state index is 12.7. The molecule has 170 valence electrons. The molecule has 0 saturated carbocycles. The maximum absolute atomic E-state index is 12.7. The van der Waals surface area contributed by atoms with Gasteiger partial charge in [-0.05, 0) is 49.2 Å². The topological polar surface area (TPSA) is 55.9 Å². The Kier molecular flexibility index (Phi) is 7.22. The van der Waals surface area contributed by atoms with Gasteiger partial charge >= 0.3 is 0 Å². The van der Waals surface area contributed by atoms with E-state index in [-0.39, 0.29) is 11.8 Å². The quantitative estimate of drug-likeness (QED) is 0.681. The molecule has 1 atom stereocenters. The Morgan fingerprint density at radius 2 is 1.88 bits per heavy atom. The van der Waals surface area contributed by atoms with Gasteiger partial charge in [0, 0.05) is 63.0 Å². The molecule has 2 aromatic carbocycles. The smallest absolute Gasteiger partial charge is 0.251 e. The zero-order valence-electron chi connectivity index (χ0n) is 19.2. The molecule has 2 aromatic rings. The van der Waals surface area contributed by atoms with Crippen LogP contribution < -0.4 is 10.2 Å². The average Bonchev–Trinajstić information content (AvgIpc) is 3.25. The van der Waals surface area contributed by atoms with Crippen LogP contribution in [0.4, 0.5) is 5.69 Å². The Morgan fingerprint density at radius 3 is 2.66 bits per heavy atom. The first-order valence-corrected chi connectivity index (χ1v) is 11.8. The van der Waals surface area contributed by atoms with E-state index in [1.807, 2.05) is 30.0 Å². The normalized spacial score (nSPS) is 19.1. The van der Waals surface area contributed by atoms with E-state index in [0.717, 1.165) is 50.3 Å². The van der Waals surface area contributed by atoms with E-state index in [1.54, 1.807) is 0 Å². The number of nitrogens with one attached hydrogen (secondary N) is 1. The van der Waals surface area contributed by atoms with Gasteiger partial charge in [0.1, 0.15) is 0 Å². The van der Waals surface area contributed by atoms with Crippen LogP contribution in [0.15, 0.2) is 48.5 Å². The monoisotopic (exact) mass is 434 g/mol. The van der Waals surface area contributed by atoms with Gasteiger partial charge in [-0.25, -0.2) is 0 Å². The molecule has 0 aromatic heterocycles. The molecule has 2 aliphatic heterocycles. The van der Waals surface area contributed by atoms with Crippen molar-refractivity contribution in [2.45, 2.75) is 32.2 Å². The van der Waals surface area contributed by atoms with E-state index in [9.17, 15) is 9.59 Å². The van der Waals surface area contributed by atoms with E-state index in [2.05, 4.69) is 52.5 Å². The second-order valence-corrected chi connectivity index (χ2v) is 8.83. The number of carbonyl (C=O) groups is 2. The van der Waals surface area contributed by atoms with E-state index < -0.39 is 0 Å². The number of likely N-dealkylation sites (N-methyl/N-ethyl adjacent to an activating group) is 1. The summed E-state index contributed by atoms with van der Waals surface area (Å²) in [5.74, 6) is 0.102. The lowest BCUT2D eigenvalue weighted by atomic mass is 10.0. The van der Waals surface area contributed by atoms with Gasteiger partial charge in [0.25, 0.3) is 5.91 Å². The predicted molar refractivity (Wildman–Crippen MR) is 128 cm³/mol. The summed E-state index contributed by atoms with van der Waals surface area (Å²) in [5.41, 5.74) is 4.08. The minimum Gasteiger partial charge on any atom is -0.352 e. The Bertz CT molecular complexity index is 946. The van der Waals surface area contributed by atoms with Crippen molar-refractivity contribution in [2.75, 3.05) is 51.2 Å². The zero-order chi connectivity index (χ0) is 22.5. The summed E-state index contributed by atoms with van der Waals surface area (Å²) in [6, 6.07) is 16.8. The Hall–Kier alpha value is -2.70. The van der Waals surface area contributed by atoms with Crippen LogP contribution in [0.1, 0.15) is 47.3 Å². The molecule has 32 heavy (non-hydrogen) atoms. The molecule has 1 unspecified atom stereocenters. The summed E-state index contributed by atoms with van der Waals surface area (Å²) in [5, 5.41) is 3.08. The number of piperazine rings is 1. The van der Waals surface area contributed by atoms with Crippen LogP contribution >= 0.6 is 0 Å². The van der Waals surface area contributed by atoms with Crippen LogP contribution in [0.3, 0.4) is 0 Å². The molecule has 2 aliphatic rings. The van der Waals surface area contributed by atoms with Gasteiger partial charge in [-0.1, -0.05) is 37.3 Å². The van der Waals surface area contributed by atoms with Crippen LogP contribution in [0.25, 0.3) is 0 Å². The van der Waals surface area contributed by atoms with Crippen molar-refractivity contribution in [3.8, 4) is 0 Å². The molecule has 2 heterocycles. The number of amides is 2. The molecule has 1 N–H and O–H groups in total. The maximum Gasteiger partial charge on any atom is 0.251 e. The minimum absolute atomic E-state index is 0.0361. The first-order valence-electron chi connectivity index (χ1n) is 11.8. The Morgan fingerprint density at radius 1 is 1.06 bits per heavy atom. The fraction of sp³-hybridized carbons (Fsp3) is 0.462. The largest absolute Gasteiger partial charge is 0.352 e. The highest BCUT2D eigenvalue weighted by atomic mass is 16.2. The lowest BCUT2D eigenvalue weighted by Gasteiger charge is -2.40. The number of hydrogen-bond acceptors (Lipinski definition) is 4. The van der Waals surface area contributed by atoms with Gasteiger partial charge < -0.3 is 15.1 Å². The van der Waals surface area contributed by atoms with Crippen molar-refractivity contribution in [1.82, 2.24) is 15.1 Å². The van der Waals surface area contributed by atoms with Crippen molar-refractivity contribution in [1.29, 1.82) is 0 Å². The van der Waals surface area contributed by atoms with E-state index in [4.69, 9.17) is 0 Å². The number of rotatable bonds is 7. The zero-order valence-corrected chi connectivity index (χ0v) is 19.2. The lowest BCUT2D eigenvalue weighted by molar-refractivity contribution is -0.118. The molecule has 0 bridgehead atoms. The van der Waals surface area contributed by atoms with Crippen LogP contribution in [0.2, 0.25) is 0 Å². The molecular weight excluding hydrogens is 400 g/mol. The minimum atomic E-state index is -0.0361. The van der Waals surface area contributed by atoms with Gasteiger partial charge in [-0.15, -0.1) is 0 Å². The fourth-order valence-corrected chi connectivity index (χ4v) is 4.80. The average molecular weight is 435 g/mol. The summed E-state index contributed by atoms with van der Waals surface area (Å²) < 4.78 is 0. The highest BCUT2D eigenvalue weighted by Gasteiger charge is 2.26. The molecule has 0 aliphatic carbocycles. The molecule has 0 radical (unpaired) electrons. The highest BCUT2D eigenvalue weighted by molar-refractivity contribution is 5.98. The third-order valence-corrected chi connectivity index (χ3v) is 6.63. The SMILES string of the molecule is CCC(=O)N1CCc2cc(C(=O)NCCCN3CCN(C)CC3c3ccccc3)ccc21. The van der Waals surface area contributed by atoms with Crippen molar-refractivity contribution in [3.05, 3.63) is 65.2 Å². The highest BCUT2D eigenvalue weighted by Crippen LogP contribution is 2.29. The predicted octanol–water partition coefficient (Wildman–Crippen LogP) is 3.09. The second kappa shape index (κ2) is 10.3. The molecule has 6 heteroatoms. The summed E-state index contributed by atoms with van der Waals surface area (Å²) in [6.45, 7) is 7.36. The second-order valence-electron chi connectivity index (χ2n) is 8.83. The number of benzene rings is 2. The molecule has 1 saturated heterocycles. The summed E-state index contributed by atoms with van der Waals surface area (Å²) >= 11 is 0. The molecule has 4 rings (SSSR count). The Labute approximate surface area is 191 Å². The first kappa shape index (κ1) is 22.5. The summed E-state index contributed by atoms with van der Waals surface area (Å²) in [7, 11) is 2.18. The van der Waals surface area contributed by atoms with Crippen molar-refractivity contribution in [2.24, 2.45) is 0 Å². The van der Waals surface area contributed by atoms with E-state index >= 15 is 0 Å². The van der Waals surface area contributed by atoms with Gasteiger partial charge in [0.05, 0.1) is 0 Å². The van der Waals surface area contributed by atoms with E-state index in [0.29, 0.717) is 31.1 Å². The fourth-order valence-electron chi connectivity index (χ4n) is 4.80. The molecule has 6 nitrogen and oxygen atoms in total. The van der Waals surface area contributed by atoms with Gasteiger partial charge in [0.15, 0.2) is 0 Å². The number of fused-ring (bicyclic) bond motifs is 1. The summed E-state index contributed by atoms with van der Waals surface area (Å²) in [4.78, 5) is 31.5. The van der Waals surface area contributed by atoms with Gasteiger partial charge in [-0.3, -0.25) is 14.5 Å². The van der Waals surface area contributed by atoms with Gasteiger partial charge in [0.2, 0.25) is 5.91 Å². The first-order chi connectivity index (χ1) is 15.6. The number of carbonyl (C=O) groups excluding carboxylic acids is 2. The molecule has 0 spiro atoms. The molecule has 1 fully saturated rings. The number of anilines is 1. The van der Waals surface area contributed by atoms with Crippen LogP contribution in [-0.4, -0.2) is 67.9 Å².